The highest BCUT2D eigenvalue weighted by atomic mass is 32.1. The molecule has 0 aliphatic heterocycles. The van der Waals surface area contributed by atoms with Crippen LogP contribution in [0.25, 0.3) is 0 Å². The second kappa shape index (κ2) is 2.78. The smallest absolute Gasteiger partial charge is 0.392 e. The first-order valence-corrected chi connectivity index (χ1v) is 3.44. The van der Waals surface area contributed by atoms with E-state index in [0.717, 1.165) is 6.20 Å². The van der Waals surface area contributed by atoms with Crippen LogP contribution in [0.5, 0.6) is 0 Å². The molecule has 62 valence electrons. The summed E-state index contributed by atoms with van der Waals surface area (Å²) in [7, 11) is 0. The Morgan fingerprint density at radius 1 is 1.55 bits per heavy atom. The lowest BCUT2D eigenvalue weighted by molar-refractivity contribution is -0.135. The van der Waals surface area contributed by atoms with E-state index in [4.69, 9.17) is 5.11 Å². The largest absolute Gasteiger partial charge is 0.427 e. The molecule has 1 N–H and O–H groups in total. The Balaban J connectivity index is 3.02. The van der Waals surface area contributed by atoms with Crippen molar-refractivity contribution >= 4 is 11.5 Å². The minimum absolute atomic E-state index is 0.164. The number of nitrogens with zero attached hydrogens (tertiary/aromatic N) is 1. The minimum atomic E-state index is -4.39. The Bertz CT molecular complexity index is 244. The zero-order chi connectivity index (χ0) is 8.48. The van der Waals surface area contributed by atoms with E-state index in [0.29, 0.717) is 11.5 Å². The summed E-state index contributed by atoms with van der Waals surface area (Å²) in [6.07, 6.45) is -3.37. The second-order valence-electron chi connectivity index (χ2n) is 1.84. The van der Waals surface area contributed by atoms with Gasteiger partial charge in [0.15, 0.2) is 0 Å². The third kappa shape index (κ3) is 1.69. The van der Waals surface area contributed by atoms with Gasteiger partial charge in [0.25, 0.3) is 0 Å². The van der Waals surface area contributed by atoms with Gasteiger partial charge in [-0.05, 0) is 11.5 Å². The molecule has 2 nitrogen and oxygen atoms in total. The Morgan fingerprint density at radius 3 is 2.55 bits per heavy atom. The van der Waals surface area contributed by atoms with Crippen molar-refractivity contribution in [3.05, 3.63) is 16.6 Å². The van der Waals surface area contributed by atoms with Gasteiger partial charge in [-0.1, -0.05) is 0 Å². The van der Waals surface area contributed by atoms with Crippen LogP contribution in [0.2, 0.25) is 0 Å². The molecule has 0 bridgehead atoms. The summed E-state index contributed by atoms with van der Waals surface area (Å²) in [4.78, 5) is -0.819. The molecular weight excluding hydrogens is 179 g/mol. The molecule has 0 aliphatic rings. The highest BCUT2D eigenvalue weighted by Gasteiger charge is 2.35. The van der Waals surface area contributed by atoms with Crippen LogP contribution in [-0.2, 0) is 12.8 Å². The molecule has 11 heavy (non-hydrogen) atoms. The van der Waals surface area contributed by atoms with Crippen molar-refractivity contribution in [2.24, 2.45) is 0 Å². The molecule has 0 amide bonds. The molecule has 6 heteroatoms. The summed E-state index contributed by atoms with van der Waals surface area (Å²) in [6, 6.07) is 0. The highest BCUT2D eigenvalue weighted by Crippen LogP contribution is 2.34. The zero-order valence-electron chi connectivity index (χ0n) is 5.22. The van der Waals surface area contributed by atoms with E-state index in [9.17, 15) is 13.2 Å². The summed E-state index contributed by atoms with van der Waals surface area (Å²) in [5.41, 5.74) is -0.164. The van der Waals surface area contributed by atoms with Crippen LogP contribution in [-0.4, -0.2) is 9.48 Å². The number of halogens is 3. The minimum Gasteiger partial charge on any atom is -0.392 e. The second-order valence-corrected chi connectivity index (χ2v) is 2.64. The van der Waals surface area contributed by atoms with Crippen LogP contribution in [0.15, 0.2) is 6.20 Å². The Morgan fingerprint density at radius 2 is 2.18 bits per heavy atom. The van der Waals surface area contributed by atoms with Crippen LogP contribution < -0.4 is 0 Å². The average Bonchev–Trinajstić information content (AvgIpc) is 2.31. The van der Waals surface area contributed by atoms with Crippen LogP contribution in [0.1, 0.15) is 10.4 Å². The Hall–Kier alpha value is -0.620. The number of aliphatic hydroxyl groups is 1. The first kappa shape index (κ1) is 8.48. The van der Waals surface area contributed by atoms with Gasteiger partial charge in [-0.25, -0.2) is 4.37 Å². The topological polar surface area (TPSA) is 33.1 Å². The first-order chi connectivity index (χ1) is 5.05. The quantitative estimate of drug-likeness (QED) is 0.718. The number of hydrogen-bond donors (Lipinski definition) is 1. The molecule has 0 aliphatic carbocycles. The summed E-state index contributed by atoms with van der Waals surface area (Å²) in [5, 5.41) is 8.44. The normalized spacial score (nSPS) is 12.0. The molecule has 0 saturated carbocycles. The highest BCUT2D eigenvalue weighted by molar-refractivity contribution is 7.06. The van der Waals surface area contributed by atoms with Crippen molar-refractivity contribution in [3.63, 3.8) is 0 Å². The average molecular weight is 183 g/mol. The molecule has 1 aromatic rings. The Kier molecular flexibility index (Phi) is 2.15. The lowest BCUT2D eigenvalue weighted by atomic mass is 10.3. The molecule has 0 aromatic carbocycles. The van der Waals surface area contributed by atoms with Crippen molar-refractivity contribution in [3.8, 4) is 0 Å². The predicted molar refractivity (Wildman–Crippen MR) is 33.0 cm³/mol. The molecule has 0 unspecified atom stereocenters. The van der Waals surface area contributed by atoms with E-state index in [1.807, 2.05) is 0 Å². The maximum absolute atomic E-state index is 11.9. The fourth-order valence-corrected chi connectivity index (χ4v) is 1.23. The lowest BCUT2D eigenvalue weighted by Crippen LogP contribution is -2.04. The molecular formula is C5H4F3NOS. The van der Waals surface area contributed by atoms with Gasteiger partial charge >= 0.3 is 6.18 Å². The van der Waals surface area contributed by atoms with E-state index in [1.165, 1.54) is 0 Å². The van der Waals surface area contributed by atoms with Crippen LogP contribution in [0, 0.1) is 0 Å². The lowest BCUT2D eigenvalue weighted by Gasteiger charge is -2.03. The van der Waals surface area contributed by atoms with Gasteiger partial charge in [-0.2, -0.15) is 13.2 Å². The molecule has 0 atom stereocenters. The molecule has 0 saturated heterocycles. The summed E-state index contributed by atoms with van der Waals surface area (Å²) >= 11 is 0.346. The van der Waals surface area contributed by atoms with E-state index in [1.54, 1.807) is 0 Å². The fourth-order valence-electron chi connectivity index (χ4n) is 0.606. The summed E-state index contributed by atoms with van der Waals surface area (Å²) in [6.45, 7) is -0.620. The molecule has 1 heterocycles. The maximum Gasteiger partial charge on any atom is 0.427 e. The molecule has 0 fully saturated rings. The third-order valence-corrected chi connectivity index (χ3v) is 1.96. The monoisotopic (exact) mass is 183 g/mol. The van der Waals surface area contributed by atoms with Gasteiger partial charge < -0.3 is 5.11 Å². The van der Waals surface area contributed by atoms with Crippen LogP contribution in [0.4, 0.5) is 13.2 Å². The predicted octanol–water partition coefficient (Wildman–Crippen LogP) is 1.65. The Labute approximate surface area is 64.5 Å². The van der Waals surface area contributed by atoms with Crippen molar-refractivity contribution in [2.45, 2.75) is 12.8 Å². The van der Waals surface area contributed by atoms with Gasteiger partial charge in [0.1, 0.15) is 4.88 Å². The van der Waals surface area contributed by atoms with Crippen molar-refractivity contribution in [1.29, 1.82) is 0 Å². The van der Waals surface area contributed by atoms with Gasteiger partial charge in [0, 0.05) is 11.8 Å². The van der Waals surface area contributed by atoms with Crippen molar-refractivity contribution in [1.82, 2.24) is 4.37 Å². The van der Waals surface area contributed by atoms with Gasteiger partial charge in [0.05, 0.1) is 6.61 Å². The first-order valence-electron chi connectivity index (χ1n) is 2.67. The number of rotatable bonds is 1. The summed E-state index contributed by atoms with van der Waals surface area (Å²) in [5.74, 6) is 0. The standard InChI is InChI=1S/C5H4F3NOS/c6-5(7,8)4-3(2-10)1-9-11-4/h1,10H,2H2. The molecule has 1 rings (SSSR count). The van der Waals surface area contributed by atoms with E-state index in [-0.39, 0.29) is 5.56 Å². The summed E-state index contributed by atoms with van der Waals surface area (Å²) < 4.78 is 39.1. The number of aliphatic hydroxyl groups excluding tert-OH is 1. The van der Waals surface area contributed by atoms with E-state index < -0.39 is 17.7 Å². The van der Waals surface area contributed by atoms with Gasteiger partial charge in [-0.15, -0.1) is 0 Å². The number of hydrogen-bond acceptors (Lipinski definition) is 3. The fraction of sp³-hybridized carbons (Fsp3) is 0.400. The third-order valence-electron chi connectivity index (χ3n) is 1.07. The van der Waals surface area contributed by atoms with Crippen molar-refractivity contribution < 1.29 is 18.3 Å². The molecule has 0 radical (unpaired) electrons. The zero-order valence-corrected chi connectivity index (χ0v) is 6.04. The van der Waals surface area contributed by atoms with Crippen LogP contribution >= 0.6 is 11.5 Å². The maximum atomic E-state index is 11.9. The number of alkyl halides is 3. The van der Waals surface area contributed by atoms with E-state index >= 15 is 0 Å². The SMILES string of the molecule is OCc1cnsc1C(F)(F)F. The van der Waals surface area contributed by atoms with E-state index in [2.05, 4.69) is 4.37 Å². The van der Waals surface area contributed by atoms with Crippen LogP contribution in [0.3, 0.4) is 0 Å². The van der Waals surface area contributed by atoms with Gasteiger partial charge in [0.2, 0.25) is 0 Å². The van der Waals surface area contributed by atoms with Crippen molar-refractivity contribution in [2.75, 3.05) is 0 Å². The number of aromatic nitrogens is 1. The molecule has 0 spiro atoms. The molecule has 1 aromatic heterocycles. The van der Waals surface area contributed by atoms with Gasteiger partial charge in [-0.3, -0.25) is 0 Å².